The van der Waals surface area contributed by atoms with Gasteiger partial charge in [-0.1, -0.05) is 38.1 Å². The Hall–Kier alpha value is -1.89. The number of benzene rings is 2. The van der Waals surface area contributed by atoms with Gasteiger partial charge < -0.3 is 10.2 Å². The number of aryl methyl sites for hydroxylation is 3. The maximum Gasteiger partial charge on any atom is 0.416 e. The Morgan fingerprint density at radius 2 is 1.77 bits per heavy atom. The fraction of sp³-hybridized carbons (Fsp3) is 0.440. The van der Waals surface area contributed by atoms with Gasteiger partial charge in [-0.2, -0.15) is 13.2 Å². The van der Waals surface area contributed by atoms with Crippen molar-refractivity contribution < 1.29 is 23.4 Å². The molecule has 31 heavy (non-hydrogen) atoms. The Kier molecular flexibility index (Phi) is 7.45. The van der Waals surface area contributed by atoms with Crippen molar-refractivity contribution in [2.45, 2.75) is 64.7 Å². The quantitative estimate of drug-likeness (QED) is 0.390. The Bertz CT molecular complexity index is 1040. The normalized spacial score (nSPS) is 13.3. The average molecular weight is 451 g/mol. The molecule has 1 unspecified atom stereocenters. The molecule has 6 heteroatoms. The number of fused-ring (bicyclic) bond motifs is 1. The van der Waals surface area contributed by atoms with Crippen LogP contribution in [-0.4, -0.2) is 16.8 Å². The highest BCUT2D eigenvalue weighted by Crippen LogP contribution is 2.40. The van der Waals surface area contributed by atoms with Crippen LogP contribution < -0.4 is 0 Å². The molecule has 0 saturated carbocycles. The summed E-state index contributed by atoms with van der Waals surface area (Å²) in [6.07, 6.45) is -2.36. The molecule has 0 amide bonds. The van der Waals surface area contributed by atoms with Crippen molar-refractivity contribution in [3.05, 3.63) is 69.1 Å². The summed E-state index contributed by atoms with van der Waals surface area (Å²) >= 11 is 1.40. The van der Waals surface area contributed by atoms with E-state index in [1.807, 2.05) is 39.0 Å². The van der Waals surface area contributed by atoms with Crippen LogP contribution in [0, 0.1) is 6.92 Å². The van der Waals surface area contributed by atoms with E-state index in [2.05, 4.69) is 0 Å². The van der Waals surface area contributed by atoms with Crippen LogP contribution in [0.15, 0.2) is 36.4 Å². The SMILES string of the molecule is Cc1cc(C(O)CCc2sc3cc(C(F)(F)F)ccc3c2C(C)C)ccc1CCCO. The highest BCUT2D eigenvalue weighted by atomic mass is 32.1. The van der Waals surface area contributed by atoms with Crippen LogP contribution in [-0.2, 0) is 19.0 Å². The van der Waals surface area contributed by atoms with Gasteiger partial charge in [0.2, 0.25) is 0 Å². The fourth-order valence-electron chi connectivity index (χ4n) is 4.07. The van der Waals surface area contributed by atoms with Gasteiger partial charge in [-0.3, -0.25) is 0 Å². The summed E-state index contributed by atoms with van der Waals surface area (Å²) < 4.78 is 40.0. The first-order valence-electron chi connectivity index (χ1n) is 10.6. The van der Waals surface area contributed by atoms with Crippen molar-refractivity contribution in [2.24, 2.45) is 0 Å². The summed E-state index contributed by atoms with van der Waals surface area (Å²) in [5.74, 6) is 0.186. The second-order valence-electron chi connectivity index (χ2n) is 8.37. The molecular formula is C25H29F3O2S. The van der Waals surface area contributed by atoms with Gasteiger partial charge in [-0.05, 0) is 78.3 Å². The predicted molar refractivity (Wildman–Crippen MR) is 121 cm³/mol. The molecule has 0 aliphatic heterocycles. The predicted octanol–water partition coefficient (Wildman–Crippen LogP) is 6.94. The first-order valence-corrected chi connectivity index (χ1v) is 11.4. The van der Waals surface area contributed by atoms with E-state index in [9.17, 15) is 18.3 Å². The summed E-state index contributed by atoms with van der Waals surface area (Å²) in [6, 6.07) is 9.88. The third kappa shape index (κ3) is 5.48. The molecule has 0 aliphatic rings. The lowest BCUT2D eigenvalue weighted by Crippen LogP contribution is -2.04. The van der Waals surface area contributed by atoms with Crippen LogP contribution in [0.4, 0.5) is 13.2 Å². The van der Waals surface area contributed by atoms with Crippen molar-refractivity contribution in [2.75, 3.05) is 6.61 Å². The van der Waals surface area contributed by atoms with Crippen LogP contribution in [0.2, 0.25) is 0 Å². The van der Waals surface area contributed by atoms with Crippen LogP contribution in [0.1, 0.15) is 71.4 Å². The van der Waals surface area contributed by atoms with Crippen molar-refractivity contribution in [3.63, 3.8) is 0 Å². The Labute approximate surface area is 185 Å². The van der Waals surface area contributed by atoms with Crippen molar-refractivity contribution in [3.8, 4) is 0 Å². The van der Waals surface area contributed by atoms with Gasteiger partial charge in [-0.25, -0.2) is 0 Å². The third-order valence-electron chi connectivity index (χ3n) is 5.71. The van der Waals surface area contributed by atoms with Gasteiger partial charge >= 0.3 is 6.18 Å². The third-order valence-corrected chi connectivity index (χ3v) is 6.94. The van der Waals surface area contributed by atoms with Crippen molar-refractivity contribution in [1.29, 1.82) is 0 Å². The molecule has 1 atom stereocenters. The summed E-state index contributed by atoms with van der Waals surface area (Å²) in [7, 11) is 0. The molecule has 0 fully saturated rings. The Balaban J connectivity index is 1.81. The lowest BCUT2D eigenvalue weighted by atomic mass is 9.94. The lowest BCUT2D eigenvalue weighted by molar-refractivity contribution is -0.137. The monoisotopic (exact) mass is 450 g/mol. The lowest BCUT2D eigenvalue weighted by Gasteiger charge is -2.15. The number of alkyl halides is 3. The average Bonchev–Trinajstić information content (AvgIpc) is 3.08. The summed E-state index contributed by atoms with van der Waals surface area (Å²) in [5, 5.41) is 20.6. The van der Waals surface area contributed by atoms with Gasteiger partial charge in [0.1, 0.15) is 0 Å². The van der Waals surface area contributed by atoms with Gasteiger partial charge in [0.05, 0.1) is 11.7 Å². The zero-order valence-corrected chi connectivity index (χ0v) is 18.9. The highest BCUT2D eigenvalue weighted by molar-refractivity contribution is 7.19. The molecule has 0 bridgehead atoms. The van der Waals surface area contributed by atoms with E-state index in [1.54, 1.807) is 6.07 Å². The van der Waals surface area contributed by atoms with E-state index < -0.39 is 17.8 Å². The Morgan fingerprint density at radius 3 is 2.39 bits per heavy atom. The van der Waals surface area contributed by atoms with E-state index in [4.69, 9.17) is 5.11 Å². The number of thiophene rings is 1. The van der Waals surface area contributed by atoms with Crippen LogP contribution in [0.25, 0.3) is 10.1 Å². The minimum absolute atomic E-state index is 0.154. The first-order chi connectivity index (χ1) is 14.6. The molecule has 3 aromatic rings. The second kappa shape index (κ2) is 9.72. The smallest absolute Gasteiger partial charge is 0.396 e. The molecule has 0 aliphatic carbocycles. The van der Waals surface area contributed by atoms with Crippen molar-refractivity contribution >= 4 is 21.4 Å². The van der Waals surface area contributed by atoms with E-state index >= 15 is 0 Å². The minimum atomic E-state index is -4.35. The molecular weight excluding hydrogens is 421 g/mol. The largest absolute Gasteiger partial charge is 0.416 e. The maximum absolute atomic E-state index is 13.1. The van der Waals surface area contributed by atoms with E-state index in [-0.39, 0.29) is 12.5 Å². The Morgan fingerprint density at radius 1 is 1.03 bits per heavy atom. The summed E-state index contributed by atoms with van der Waals surface area (Å²) in [5.41, 5.74) is 3.56. The zero-order valence-electron chi connectivity index (χ0n) is 18.1. The van der Waals surface area contributed by atoms with E-state index in [0.717, 1.165) is 45.0 Å². The molecule has 2 nitrogen and oxygen atoms in total. The number of hydrogen-bond donors (Lipinski definition) is 2. The molecule has 1 aromatic heterocycles. The molecule has 0 saturated heterocycles. The van der Waals surface area contributed by atoms with Gasteiger partial charge in [-0.15, -0.1) is 11.3 Å². The van der Waals surface area contributed by atoms with Gasteiger partial charge in [0.25, 0.3) is 0 Å². The van der Waals surface area contributed by atoms with E-state index in [1.165, 1.54) is 17.4 Å². The second-order valence-corrected chi connectivity index (χ2v) is 9.51. The highest BCUT2D eigenvalue weighted by Gasteiger charge is 2.31. The number of rotatable bonds is 8. The minimum Gasteiger partial charge on any atom is -0.396 e. The topological polar surface area (TPSA) is 40.5 Å². The molecule has 2 N–H and O–H groups in total. The maximum atomic E-state index is 13.1. The summed E-state index contributed by atoms with van der Waals surface area (Å²) in [4.78, 5) is 1.04. The molecule has 0 radical (unpaired) electrons. The van der Waals surface area contributed by atoms with E-state index in [0.29, 0.717) is 24.0 Å². The molecule has 0 spiro atoms. The molecule has 1 heterocycles. The van der Waals surface area contributed by atoms with Gasteiger partial charge in [0, 0.05) is 16.2 Å². The standard InChI is InChI=1S/C25H29F3O2S/c1-15(2)24-20-9-8-19(25(26,27)28)14-23(20)31-22(24)11-10-21(30)18-7-6-17(5-4-12-29)16(3)13-18/h6-9,13-15,21,29-30H,4-5,10-12H2,1-3H3. The fourth-order valence-corrected chi connectivity index (χ4v) is 5.49. The molecule has 168 valence electrons. The summed E-state index contributed by atoms with van der Waals surface area (Å²) in [6.45, 7) is 6.26. The molecule has 2 aromatic carbocycles. The number of aliphatic hydroxyl groups excluding tert-OH is 2. The van der Waals surface area contributed by atoms with Crippen LogP contribution in [0.5, 0.6) is 0 Å². The number of aliphatic hydroxyl groups is 2. The van der Waals surface area contributed by atoms with Crippen LogP contribution >= 0.6 is 11.3 Å². The van der Waals surface area contributed by atoms with Gasteiger partial charge in [0.15, 0.2) is 0 Å². The zero-order chi connectivity index (χ0) is 22.8. The number of halogens is 3. The first kappa shape index (κ1) is 23.8. The molecule has 3 rings (SSSR count). The van der Waals surface area contributed by atoms with Crippen molar-refractivity contribution in [1.82, 2.24) is 0 Å². The number of hydrogen-bond acceptors (Lipinski definition) is 3. The van der Waals surface area contributed by atoms with Crippen LogP contribution in [0.3, 0.4) is 0 Å².